The van der Waals surface area contributed by atoms with Crippen LogP contribution in [0.1, 0.15) is 25.0 Å². The number of esters is 2. The molecule has 0 aromatic heterocycles. The number of methoxy groups -OCH3 is 2. The van der Waals surface area contributed by atoms with E-state index in [1.165, 1.54) is 13.2 Å². The summed E-state index contributed by atoms with van der Waals surface area (Å²) in [5.41, 5.74) is 1.22. The summed E-state index contributed by atoms with van der Waals surface area (Å²) in [5.74, 6) is -0.407. The average molecular weight is 348 g/mol. The first-order chi connectivity index (χ1) is 12.0. The highest BCUT2D eigenvalue weighted by molar-refractivity contribution is 6.17. The summed E-state index contributed by atoms with van der Waals surface area (Å²) in [7, 11) is 3.06. The van der Waals surface area contributed by atoms with Crippen molar-refractivity contribution in [3.63, 3.8) is 0 Å². The van der Waals surface area contributed by atoms with E-state index in [9.17, 15) is 9.59 Å². The molecule has 25 heavy (non-hydrogen) atoms. The third-order valence-corrected chi connectivity index (χ3v) is 3.24. The third kappa shape index (κ3) is 5.38. The summed E-state index contributed by atoms with van der Waals surface area (Å²) in [5, 5.41) is 0. The molecule has 0 saturated heterocycles. The Labute approximate surface area is 148 Å². The van der Waals surface area contributed by atoms with Gasteiger partial charge in [0.05, 0.1) is 27.4 Å². The Morgan fingerprint density at radius 3 is 2.08 bits per heavy atom. The predicted octanol–water partition coefficient (Wildman–Crippen LogP) is 2.94. The number of carbonyl (C=O) groups excluding carboxylic acids is 2. The number of rotatable bonds is 9. The molecule has 1 aromatic rings. The fourth-order valence-corrected chi connectivity index (χ4v) is 2.24. The van der Waals surface area contributed by atoms with E-state index >= 15 is 0 Å². The summed E-state index contributed by atoms with van der Waals surface area (Å²) < 4.78 is 20.6. The fourth-order valence-electron chi connectivity index (χ4n) is 2.24. The first kappa shape index (κ1) is 20.3. The molecule has 0 amide bonds. The van der Waals surface area contributed by atoms with E-state index in [4.69, 9.17) is 18.9 Å². The van der Waals surface area contributed by atoms with Crippen LogP contribution >= 0.6 is 0 Å². The lowest BCUT2D eigenvalue weighted by Crippen LogP contribution is -2.18. The second kappa shape index (κ2) is 10.2. The second-order valence-electron chi connectivity index (χ2n) is 4.91. The van der Waals surface area contributed by atoms with Gasteiger partial charge in [-0.05, 0) is 44.0 Å². The van der Waals surface area contributed by atoms with Gasteiger partial charge < -0.3 is 18.9 Å². The number of hydrogen-bond acceptors (Lipinski definition) is 6. The van der Waals surface area contributed by atoms with Crippen LogP contribution in [0.15, 0.2) is 30.4 Å². The SMILES string of the molecule is C=CCc1cc(C=C(C(=O)OCC)C(=O)OCC)cc(OC)c1OC. The van der Waals surface area contributed by atoms with E-state index < -0.39 is 11.9 Å². The summed E-state index contributed by atoms with van der Waals surface area (Å²) in [6, 6.07) is 3.46. The van der Waals surface area contributed by atoms with Crippen molar-refractivity contribution in [2.45, 2.75) is 20.3 Å². The van der Waals surface area contributed by atoms with Crippen molar-refractivity contribution in [3.8, 4) is 11.5 Å². The largest absolute Gasteiger partial charge is 0.493 e. The highest BCUT2D eigenvalue weighted by Crippen LogP contribution is 2.34. The molecular formula is C19H24O6. The maximum absolute atomic E-state index is 12.1. The molecule has 0 radical (unpaired) electrons. The number of carbonyl (C=O) groups is 2. The van der Waals surface area contributed by atoms with Gasteiger partial charge in [0.2, 0.25) is 0 Å². The maximum atomic E-state index is 12.1. The monoisotopic (exact) mass is 348 g/mol. The zero-order valence-corrected chi connectivity index (χ0v) is 15.1. The van der Waals surface area contributed by atoms with Crippen LogP contribution in [0.4, 0.5) is 0 Å². The Morgan fingerprint density at radius 2 is 1.64 bits per heavy atom. The van der Waals surface area contributed by atoms with Gasteiger partial charge in [-0.15, -0.1) is 6.58 Å². The standard InChI is InChI=1S/C19H24O6/c1-6-9-14-10-13(12-16(22-4)17(14)23-5)11-15(18(20)24-7-2)19(21)25-8-3/h6,10-12H,1,7-9H2,2-5H3. The van der Waals surface area contributed by atoms with E-state index in [1.54, 1.807) is 39.2 Å². The molecule has 6 heteroatoms. The van der Waals surface area contributed by atoms with Crippen LogP contribution in [-0.4, -0.2) is 39.4 Å². The van der Waals surface area contributed by atoms with Gasteiger partial charge in [0.25, 0.3) is 0 Å². The molecule has 1 rings (SSSR count). The molecular weight excluding hydrogens is 324 g/mol. The predicted molar refractivity (Wildman–Crippen MR) is 94.7 cm³/mol. The molecule has 0 spiro atoms. The van der Waals surface area contributed by atoms with Crippen molar-refractivity contribution >= 4 is 18.0 Å². The molecule has 136 valence electrons. The molecule has 6 nitrogen and oxygen atoms in total. The summed E-state index contributed by atoms with van der Waals surface area (Å²) in [4.78, 5) is 24.2. The Morgan fingerprint density at radius 1 is 1.04 bits per heavy atom. The second-order valence-corrected chi connectivity index (χ2v) is 4.91. The summed E-state index contributed by atoms with van der Waals surface area (Å²) in [6.07, 6.45) is 3.68. The number of benzene rings is 1. The van der Waals surface area contributed by atoms with E-state index in [1.807, 2.05) is 0 Å². The first-order valence-corrected chi connectivity index (χ1v) is 7.93. The van der Waals surface area contributed by atoms with Gasteiger partial charge in [-0.3, -0.25) is 0 Å². The molecule has 0 bridgehead atoms. The molecule has 0 atom stereocenters. The van der Waals surface area contributed by atoms with Crippen LogP contribution in [0.25, 0.3) is 6.08 Å². The van der Waals surface area contributed by atoms with Crippen molar-refractivity contribution in [2.24, 2.45) is 0 Å². The van der Waals surface area contributed by atoms with Crippen LogP contribution in [0.5, 0.6) is 11.5 Å². The summed E-state index contributed by atoms with van der Waals surface area (Å²) in [6.45, 7) is 7.37. The molecule has 0 aliphatic carbocycles. The van der Waals surface area contributed by atoms with Crippen molar-refractivity contribution in [1.82, 2.24) is 0 Å². The fraction of sp³-hybridized carbons (Fsp3) is 0.368. The van der Waals surface area contributed by atoms with E-state index in [0.29, 0.717) is 23.5 Å². The van der Waals surface area contributed by atoms with Crippen LogP contribution < -0.4 is 9.47 Å². The van der Waals surface area contributed by atoms with Gasteiger partial charge in [-0.25, -0.2) is 9.59 Å². The zero-order valence-electron chi connectivity index (χ0n) is 15.1. The minimum absolute atomic E-state index is 0.156. The van der Waals surface area contributed by atoms with Crippen LogP contribution in [0.2, 0.25) is 0 Å². The lowest BCUT2D eigenvalue weighted by atomic mass is 10.0. The first-order valence-electron chi connectivity index (χ1n) is 7.93. The van der Waals surface area contributed by atoms with Crippen molar-refractivity contribution in [1.29, 1.82) is 0 Å². The Bertz CT molecular complexity index is 640. The van der Waals surface area contributed by atoms with Gasteiger partial charge in [0.15, 0.2) is 11.5 Å². The molecule has 0 fully saturated rings. The van der Waals surface area contributed by atoms with Crippen LogP contribution in [-0.2, 0) is 25.5 Å². The number of hydrogen-bond donors (Lipinski definition) is 0. The molecule has 0 aliphatic heterocycles. The molecule has 0 N–H and O–H groups in total. The van der Waals surface area contributed by atoms with Crippen molar-refractivity contribution in [3.05, 3.63) is 41.5 Å². The minimum atomic E-state index is -0.735. The van der Waals surface area contributed by atoms with Crippen molar-refractivity contribution in [2.75, 3.05) is 27.4 Å². The Kier molecular flexibility index (Phi) is 8.26. The molecule has 0 aliphatic rings. The van der Waals surface area contributed by atoms with Gasteiger partial charge in [-0.1, -0.05) is 6.08 Å². The van der Waals surface area contributed by atoms with Gasteiger partial charge in [-0.2, -0.15) is 0 Å². The molecule has 0 unspecified atom stereocenters. The van der Waals surface area contributed by atoms with Crippen LogP contribution in [0.3, 0.4) is 0 Å². The van der Waals surface area contributed by atoms with Gasteiger partial charge in [0.1, 0.15) is 5.57 Å². The van der Waals surface area contributed by atoms with E-state index in [-0.39, 0.29) is 18.8 Å². The zero-order chi connectivity index (χ0) is 18.8. The number of allylic oxidation sites excluding steroid dienone is 1. The van der Waals surface area contributed by atoms with E-state index in [0.717, 1.165) is 5.56 Å². The van der Waals surface area contributed by atoms with Gasteiger partial charge >= 0.3 is 11.9 Å². The van der Waals surface area contributed by atoms with Crippen LogP contribution in [0, 0.1) is 0 Å². The molecule has 0 heterocycles. The normalized spacial score (nSPS) is 9.76. The molecule has 0 saturated carbocycles. The lowest BCUT2D eigenvalue weighted by molar-refractivity contribution is -0.146. The number of ether oxygens (including phenoxy) is 4. The van der Waals surface area contributed by atoms with E-state index in [2.05, 4.69) is 6.58 Å². The summed E-state index contributed by atoms with van der Waals surface area (Å²) >= 11 is 0. The van der Waals surface area contributed by atoms with Crippen molar-refractivity contribution < 1.29 is 28.5 Å². The minimum Gasteiger partial charge on any atom is -0.493 e. The Balaban J connectivity index is 3.44. The highest BCUT2D eigenvalue weighted by Gasteiger charge is 2.21. The van der Waals surface area contributed by atoms with Gasteiger partial charge in [0, 0.05) is 5.56 Å². The smallest absolute Gasteiger partial charge is 0.345 e. The topological polar surface area (TPSA) is 71.1 Å². The molecule has 1 aromatic carbocycles. The lowest BCUT2D eigenvalue weighted by Gasteiger charge is -2.14. The average Bonchev–Trinajstić information content (AvgIpc) is 2.59. The Hall–Kier alpha value is -2.76. The maximum Gasteiger partial charge on any atom is 0.345 e. The quantitative estimate of drug-likeness (QED) is 0.225. The highest BCUT2D eigenvalue weighted by atomic mass is 16.6. The third-order valence-electron chi connectivity index (χ3n) is 3.24.